The number of rotatable bonds is 3. The van der Waals surface area contributed by atoms with Gasteiger partial charge < -0.3 is 0 Å². The van der Waals surface area contributed by atoms with Crippen molar-refractivity contribution in [3.05, 3.63) is 45.8 Å². The van der Waals surface area contributed by atoms with E-state index in [4.69, 9.17) is 10.1 Å². The van der Waals surface area contributed by atoms with Gasteiger partial charge in [0.05, 0.1) is 10.5 Å². The second-order valence-electron chi connectivity index (χ2n) is 9.94. The number of nitro groups is 1. The second kappa shape index (κ2) is 7.98. The van der Waals surface area contributed by atoms with Gasteiger partial charge in [-0.25, -0.2) is 4.68 Å². The molecule has 5 rings (SSSR count). The average molecular weight is 438 g/mol. The molecule has 1 aromatic heterocycles. The van der Waals surface area contributed by atoms with E-state index < -0.39 is 4.92 Å². The highest BCUT2D eigenvalue weighted by Gasteiger charge is 2.55. The summed E-state index contributed by atoms with van der Waals surface area (Å²) in [5.41, 5.74) is 0.396. The van der Waals surface area contributed by atoms with Crippen LogP contribution in [0, 0.1) is 16.0 Å². The first-order valence-electron chi connectivity index (χ1n) is 12.0. The monoisotopic (exact) mass is 437 g/mol. The van der Waals surface area contributed by atoms with E-state index in [0.29, 0.717) is 17.4 Å². The van der Waals surface area contributed by atoms with Crippen molar-refractivity contribution >= 4 is 17.5 Å². The van der Waals surface area contributed by atoms with Crippen molar-refractivity contribution in [1.29, 1.82) is 0 Å². The van der Waals surface area contributed by atoms with Gasteiger partial charge in [-0.05, 0) is 37.8 Å². The van der Waals surface area contributed by atoms with Gasteiger partial charge in [-0.15, -0.1) is 0 Å². The normalized spacial score (nSPS) is 24.3. The van der Waals surface area contributed by atoms with E-state index in [1.165, 1.54) is 37.8 Å². The summed E-state index contributed by atoms with van der Waals surface area (Å²) in [5.74, 6) is 1.86. The van der Waals surface area contributed by atoms with E-state index in [1.807, 2.05) is 4.90 Å². The van der Waals surface area contributed by atoms with E-state index in [0.717, 1.165) is 37.9 Å². The summed E-state index contributed by atoms with van der Waals surface area (Å²) in [5, 5.41) is 16.1. The lowest BCUT2D eigenvalue weighted by molar-refractivity contribution is -0.384. The van der Waals surface area contributed by atoms with Crippen LogP contribution in [0.1, 0.15) is 93.7 Å². The first-order chi connectivity index (χ1) is 15.4. The van der Waals surface area contributed by atoms with Crippen LogP contribution in [-0.4, -0.2) is 31.6 Å². The van der Waals surface area contributed by atoms with Gasteiger partial charge in [-0.3, -0.25) is 19.8 Å². The summed E-state index contributed by atoms with van der Waals surface area (Å²) in [6.07, 6.45) is 10.2. The van der Waals surface area contributed by atoms with Crippen LogP contribution in [0.25, 0.3) is 0 Å². The van der Waals surface area contributed by atoms with Gasteiger partial charge >= 0.3 is 0 Å². The molecular weight excluding hydrogens is 406 g/mol. The fourth-order valence-electron chi connectivity index (χ4n) is 6.22. The molecule has 2 fully saturated rings. The van der Waals surface area contributed by atoms with Crippen LogP contribution in [0.2, 0.25) is 0 Å². The minimum absolute atomic E-state index is 0.0119. The average Bonchev–Trinajstić information content (AvgIpc) is 3.26. The third-order valence-corrected chi connectivity index (χ3v) is 7.77. The van der Waals surface area contributed by atoms with Crippen molar-refractivity contribution in [2.75, 3.05) is 4.90 Å². The number of nitro benzene ring substituents is 1. The number of carbonyl (C=O) groups excluding carboxylic acids is 1. The van der Waals surface area contributed by atoms with Crippen molar-refractivity contribution in [2.24, 2.45) is 5.92 Å². The Kier molecular flexibility index (Phi) is 5.26. The predicted molar refractivity (Wildman–Crippen MR) is 121 cm³/mol. The number of nitrogens with zero attached hydrogens (tertiary/aromatic N) is 5. The molecular formula is C24H31N5O3. The molecule has 170 valence electrons. The van der Waals surface area contributed by atoms with Gasteiger partial charge in [0, 0.05) is 35.6 Å². The first-order valence-corrected chi connectivity index (χ1v) is 12.0. The number of aromatic nitrogens is 3. The topological polar surface area (TPSA) is 94.2 Å². The molecule has 1 spiro atoms. The lowest BCUT2D eigenvalue weighted by Crippen LogP contribution is -2.61. The number of non-ortho nitro benzene ring substituents is 1. The van der Waals surface area contributed by atoms with E-state index in [1.54, 1.807) is 12.1 Å². The summed E-state index contributed by atoms with van der Waals surface area (Å²) in [4.78, 5) is 31.2. The highest BCUT2D eigenvalue weighted by molar-refractivity contribution is 6.06. The number of carbonyl (C=O) groups is 1. The van der Waals surface area contributed by atoms with Crippen LogP contribution in [0.5, 0.6) is 0 Å². The molecule has 8 nitrogen and oxygen atoms in total. The molecule has 0 radical (unpaired) electrons. The SMILES string of the molecule is CC(C)c1nc2n(n1)C1(CCCCC1)[C@@H]1CCCC[C@@H]1N2C(=O)c1ccc([N+](=O)[O-])cc1. The maximum Gasteiger partial charge on any atom is 0.269 e. The number of hydrogen-bond acceptors (Lipinski definition) is 5. The third-order valence-electron chi connectivity index (χ3n) is 7.77. The van der Waals surface area contributed by atoms with Crippen molar-refractivity contribution < 1.29 is 9.72 Å². The van der Waals surface area contributed by atoms with Crippen LogP contribution >= 0.6 is 0 Å². The summed E-state index contributed by atoms with van der Waals surface area (Å²) >= 11 is 0. The van der Waals surface area contributed by atoms with E-state index in [-0.39, 0.29) is 29.1 Å². The van der Waals surface area contributed by atoms with Crippen LogP contribution in [0.3, 0.4) is 0 Å². The number of hydrogen-bond donors (Lipinski definition) is 0. The Bertz CT molecular complexity index is 1020. The van der Waals surface area contributed by atoms with Crippen LogP contribution in [0.4, 0.5) is 11.6 Å². The maximum absolute atomic E-state index is 13.8. The van der Waals surface area contributed by atoms with Gasteiger partial charge in [0.15, 0.2) is 5.82 Å². The highest BCUT2D eigenvalue weighted by atomic mass is 16.6. The third kappa shape index (κ3) is 3.22. The van der Waals surface area contributed by atoms with Gasteiger partial charge in [0.25, 0.3) is 11.6 Å². The van der Waals surface area contributed by atoms with Crippen molar-refractivity contribution in [1.82, 2.24) is 14.8 Å². The predicted octanol–water partition coefficient (Wildman–Crippen LogP) is 5.19. The number of amides is 1. The Morgan fingerprint density at radius 2 is 1.78 bits per heavy atom. The maximum atomic E-state index is 13.8. The molecule has 3 aliphatic rings. The Labute approximate surface area is 188 Å². The molecule has 1 amide bonds. The Morgan fingerprint density at radius 3 is 2.44 bits per heavy atom. The van der Waals surface area contributed by atoms with Crippen molar-refractivity contribution in [3.63, 3.8) is 0 Å². The Balaban J connectivity index is 1.63. The molecule has 1 aliphatic heterocycles. The zero-order chi connectivity index (χ0) is 22.5. The molecule has 8 heteroatoms. The van der Waals surface area contributed by atoms with Gasteiger partial charge in [0.1, 0.15) is 0 Å². The van der Waals surface area contributed by atoms with Gasteiger partial charge in [0.2, 0.25) is 5.95 Å². The van der Waals surface area contributed by atoms with Crippen LogP contribution in [0.15, 0.2) is 24.3 Å². The summed E-state index contributed by atoms with van der Waals surface area (Å²) in [6.45, 7) is 4.18. The fraction of sp³-hybridized carbons (Fsp3) is 0.625. The minimum atomic E-state index is -0.440. The Morgan fingerprint density at radius 1 is 1.09 bits per heavy atom. The molecule has 2 aliphatic carbocycles. The molecule has 0 saturated heterocycles. The van der Waals surface area contributed by atoms with Gasteiger partial charge in [-0.2, -0.15) is 10.1 Å². The summed E-state index contributed by atoms with van der Waals surface area (Å²) < 4.78 is 2.12. The summed E-state index contributed by atoms with van der Waals surface area (Å²) in [7, 11) is 0. The van der Waals surface area contributed by atoms with Crippen molar-refractivity contribution in [3.8, 4) is 0 Å². The zero-order valence-corrected chi connectivity index (χ0v) is 18.9. The van der Waals surface area contributed by atoms with Crippen LogP contribution in [-0.2, 0) is 5.54 Å². The molecule has 2 heterocycles. The zero-order valence-electron chi connectivity index (χ0n) is 18.9. The smallest absolute Gasteiger partial charge is 0.269 e. The van der Waals surface area contributed by atoms with Gasteiger partial charge in [-0.1, -0.05) is 46.0 Å². The minimum Gasteiger partial charge on any atom is -0.273 e. The number of benzene rings is 1. The van der Waals surface area contributed by atoms with E-state index >= 15 is 0 Å². The molecule has 0 N–H and O–H groups in total. The molecule has 2 aromatic rings. The second-order valence-corrected chi connectivity index (χ2v) is 9.94. The number of fused-ring (bicyclic) bond motifs is 4. The quantitative estimate of drug-likeness (QED) is 0.487. The molecule has 2 saturated carbocycles. The molecule has 1 aromatic carbocycles. The molecule has 0 bridgehead atoms. The standard InChI is InChI=1S/C24H31N5O3/c1-16(2)21-25-23-27(22(30)17-10-12-18(13-11-17)29(31)32)20-9-5-4-8-19(20)24(28(23)26-21)14-6-3-7-15-24/h10-13,16,19-20H,3-9,14-15H2,1-2H3/t19-,20+/m1/s1. The Hall–Kier alpha value is -2.77. The summed E-state index contributed by atoms with van der Waals surface area (Å²) in [6, 6.07) is 6.03. The molecule has 2 atom stereocenters. The van der Waals surface area contributed by atoms with Crippen LogP contribution < -0.4 is 4.90 Å². The molecule has 0 unspecified atom stereocenters. The van der Waals surface area contributed by atoms with E-state index in [2.05, 4.69) is 18.5 Å². The first kappa shape index (κ1) is 21.1. The lowest BCUT2D eigenvalue weighted by atomic mass is 9.64. The lowest BCUT2D eigenvalue weighted by Gasteiger charge is -2.55. The van der Waals surface area contributed by atoms with E-state index in [9.17, 15) is 14.9 Å². The number of anilines is 1. The highest BCUT2D eigenvalue weighted by Crippen LogP contribution is 2.53. The fourth-order valence-corrected chi connectivity index (χ4v) is 6.22. The largest absolute Gasteiger partial charge is 0.273 e. The van der Waals surface area contributed by atoms with Crippen molar-refractivity contribution in [2.45, 2.75) is 89.1 Å². The molecule has 32 heavy (non-hydrogen) atoms.